The first-order valence-electron chi connectivity index (χ1n) is 8.27. The van der Waals surface area contributed by atoms with Gasteiger partial charge < -0.3 is 20.1 Å². The van der Waals surface area contributed by atoms with Crippen LogP contribution in [-0.4, -0.2) is 37.6 Å². The maximum atomic E-state index is 12.4. The minimum Gasteiger partial charge on any atom is -0.454 e. The molecule has 2 N–H and O–H groups in total. The number of aromatic nitrogens is 5. The molecule has 10 nitrogen and oxygen atoms in total. The summed E-state index contributed by atoms with van der Waals surface area (Å²) in [6.07, 6.45) is 4.62. The number of hydrogen-bond acceptors (Lipinski definition) is 7. The van der Waals surface area contributed by atoms with Gasteiger partial charge in [0, 0.05) is 24.1 Å². The minimum absolute atomic E-state index is 0.179. The van der Waals surface area contributed by atoms with Crippen LogP contribution in [0.5, 0.6) is 11.5 Å². The molecule has 1 aromatic carbocycles. The Morgan fingerprint density at radius 2 is 1.93 bits per heavy atom. The van der Waals surface area contributed by atoms with Crippen LogP contribution in [0, 0.1) is 6.92 Å². The van der Waals surface area contributed by atoms with Crippen molar-refractivity contribution in [2.45, 2.75) is 19.9 Å². The second-order valence-electron chi connectivity index (χ2n) is 5.92. The van der Waals surface area contributed by atoms with Crippen LogP contribution in [-0.2, 0) is 0 Å². The quantitative estimate of drug-likeness (QED) is 0.724. The molecule has 27 heavy (non-hydrogen) atoms. The van der Waals surface area contributed by atoms with Crippen molar-refractivity contribution in [3.8, 4) is 17.4 Å². The van der Waals surface area contributed by atoms with E-state index >= 15 is 0 Å². The molecule has 2 amide bonds. The highest BCUT2D eigenvalue weighted by Crippen LogP contribution is 2.36. The zero-order valence-corrected chi connectivity index (χ0v) is 14.7. The predicted molar refractivity (Wildman–Crippen MR) is 94.8 cm³/mol. The van der Waals surface area contributed by atoms with Gasteiger partial charge in [-0.15, -0.1) is 0 Å². The molecule has 0 radical (unpaired) electrons. The third kappa shape index (κ3) is 3.36. The number of ether oxygens (including phenoxy) is 2. The van der Waals surface area contributed by atoms with Gasteiger partial charge in [-0.1, -0.05) is 0 Å². The largest absolute Gasteiger partial charge is 0.454 e. The summed E-state index contributed by atoms with van der Waals surface area (Å²) in [6.45, 7) is 3.86. The highest BCUT2D eigenvalue weighted by Gasteiger charge is 2.20. The van der Waals surface area contributed by atoms with Gasteiger partial charge in [0.1, 0.15) is 6.33 Å². The molecule has 3 heterocycles. The molecular weight excluding hydrogens is 350 g/mol. The van der Waals surface area contributed by atoms with Crippen LogP contribution in [0.4, 0.5) is 10.5 Å². The number of amides is 2. The summed E-state index contributed by atoms with van der Waals surface area (Å²) in [5, 5.41) is 9.78. The molecule has 1 atom stereocenters. The second kappa shape index (κ2) is 6.90. The summed E-state index contributed by atoms with van der Waals surface area (Å²) < 4.78 is 12.2. The molecule has 0 saturated carbocycles. The highest BCUT2D eigenvalue weighted by atomic mass is 16.7. The van der Waals surface area contributed by atoms with Crippen molar-refractivity contribution in [3.05, 3.63) is 48.3 Å². The van der Waals surface area contributed by atoms with Crippen LogP contribution < -0.4 is 20.1 Å². The molecular formula is C17H17N7O3. The molecule has 0 aliphatic carbocycles. The number of benzene rings is 1. The standard InChI is InChI=1S/C17H17N7O3/c1-10-6-13-14(27-9-26-13)7-12(10)23-17(25)22-11(2)15-20-8-21-24(15)16-18-4-3-5-19-16/h3-8,11H,9H2,1-2H3,(H2,22,23,25)/t11-/m0/s1. The smallest absolute Gasteiger partial charge is 0.319 e. The monoisotopic (exact) mass is 367 g/mol. The zero-order valence-electron chi connectivity index (χ0n) is 14.7. The van der Waals surface area contributed by atoms with Crippen molar-refractivity contribution in [2.24, 2.45) is 0 Å². The number of urea groups is 1. The number of hydrogen-bond donors (Lipinski definition) is 2. The number of aryl methyl sites for hydroxylation is 1. The predicted octanol–water partition coefficient (Wildman–Crippen LogP) is 1.98. The Morgan fingerprint density at radius 3 is 2.70 bits per heavy atom. The van der Waals surface area contributed by atoms with Crippen LogP contribution >= 0.6 is 0 Å². The Bertz CT molecular complexity index is 974. The molecule has 0 bridgehead atoms. The number of nitrogens with zero attached hydrogens (tertiary/aromatic N) is 5. The normalized spacial score (nSPS) is 13.3. The average molecular weight is 367 g/mol. The van der Waals surface area contributed by atoms with Gasteiger partial charge in [0.15, 0.2) is 17.3 Å². The lowest BCUT2D eigenvalue weighted by molar-refractivity contribution is 0.174. The summed E-state index contributed by atoms with van der Waals surface area (Å²) >= 11 is 0. The summed E-state index contributed by atoms with van der Waals surface area (Å²) in [7, 11) is 0. The fourth-order valence-electron chi connectivity index (χ4n) is 2.70. The van der Waals surface area contributed by atoms with E-state index in [2.05, 4.69) is 30.7 Å². The van der Waals surface area contributed by atoms with Gasteiger partial charge >= 0.3 is 6.03 Å². The number of rotatable bonds is 4. The molecule has 2 aromatic heterocycles. The number of carbonyl (C=O) groups excluding carboxylic acids is 1. The first-order valence-corrected chi connectivity index (χ1v) is 8.27. The van der Waals surface area contributed by atoms with Crippen molar-refractivity contribution >= 4 is 11.7 Å². The molecule has 0 saturated heterocycles. The Kier molecular flexibility index (Phi) is 4.29. The van der Waals surface area contributed by atoms with Crippen molar-refractivity contribution in [1.29, 1.82) is 0 Å². The van der Waals surface area contributed by atoms with Crippen LogP contribution in [0.15, 0.2) is 36.9 Å². The maximum absolute atomic E-state index is 12.4. The number of nitrogens with one attached hydrogen (secondary N) is 2. The van der Waals surface area contributed by atoms with E-state index in [0.717, 1.165) is 5.56 Å². The van der Waals surface area contributed by atoms with Gasteiger partial charge in [-0.3, -0.25) is 0 Å². The molecule has 1 aliphatic heterocycles. The summed E-state index contributed by atoms with van der Waals surface area (Å²) in [5.74, 6) is 2.16. The maximum Gasteiger partial charge on any atom is 0.319 e. The van der Waals surface area contributed by atoms with E-state index in [-0.39, 0.29) is 12.8 Å². The fourth-order valence-corrected chi connectivity index (χ4v) is 2.70. The summed E-state index contributed by atoms with van der Waals surface area (Å²) in [4.78, 5) is 24.9. The molecule has 0 unspecified atom stereocenters. The average Bonchev–Trinajstić information content (AvgIpc) is 3.31. The summed E-state index contributed by atoms with van der Waals surface area (Å²) in [6, 6.07) is 4.47. The van der Waals surface area contributed by atoms with E-state index in [1.807, 2.05) is 13.0 Å². The van der Waals surface area contributed by atoms with E-state index < -0.39 is 6.04 Å². The van der Waals surface area contributed by atoms with Gasteiger partial charge in [-0.05, 0) is 31.5 Å². The van der Waals surface area contributed by atoms with E-state index in [9.17, 15) is 4.79 Å². The van der Waals surface area contributed by atoms with E-state index in [4.69, 9.17) is 9.47 Å². The Labute approximate surface area is 154 Å². The van der Waals surface area contributed by atoms with Crippen molar-refractivity contribution in [2.75, 3.05) is 12.1 Å². The minimum atomic E-state index is -0.425. The van der Waals surface area contributed by atoms with Crippen molar-refractivity contribution < 1.29 is 14.3 Å². The lowest BCUT2D eigenvalue weighted by atomic mass is 10.2. The van der Waals surface area contributed by atoms with Gasteiger partial charge in [0.2, 0.25) is 6.79 Å². The molecule has 0 fully saturated rings. The zero-order chi connectivity index (χ0) is 18.8. The SMILES string of the molecule is Cc1cc2c(cc1NC(=O)N[C@@H](C)c1ncnn1-c1ncccn1)OCO2. The molecule has 4 rings (SSSR count). The van der Waals surface area contributed by atoms with Crippen LogP contribution in [0.3, 0.4) is 0 Å². The Balaban J connectivity index is 1.47. The first kappa shape index (κ1) is 16.8. The molecule has 0 spiro atoms. The third-order valence-electron chi connectivity index (χ3n) is 4.02. The van der Waals surface area contributed by atoms with Gasteiger partial charge in [-0.2, -0.15) is 9.78 Å². The first-order chi connectivity index (χ1) is 13.1. The van der Waals surface area contributed by atoms with E-state index in [0.29, 0.717) is 29.0 Å². The third-order valence-corrected chi connectivity index (χ3v) is 4.02. The van der Waals surface area contributed by atoms with Crippen LogP contribution in [0.25, 0.3) is 5.95 Å². The lowest BCUT2D eigenvalue weighted by Crippen LogP contribution is -2.33. The van der Waals surface area contributed by atoms with Crippen molar-refractivity contribution in [1.82, 2.24) is 30.0 Å². The number of anilines is 1. The summed E-state index contributed by atoms with van der Waals surface area (Å²) in [5.41, 5.74) is 1.50. The Hall–Kier alpha value is -3.69. The van der Waals surface area contributed by atoms with Crippen LogP contribution in [0.2, 0.25) is 0 Å². The van der Waals surface area contributed by atoms with Gasteiger partial charge in [-0.25, -0.2) is 19.7 Å². The van der Waals surface area contributed by atoms with Crippen molar-refractivity contribution in [3.63, 3.8) is 0 Å². The van der Waals surface area contributed by atoms with Crippen LogP contribution in [0.1, 0.15) is 24.4 Å². The topological polar surface area (TPSA) is 116 Å². The van der Waals surface area contributed by atoms with E-state index in [1.54, 1.807) is 31.5 Å². The lowest BCUT2D eigenvalue weighted by Gasteiger charge is -2.15. The second-order valence-corrected chi connectivity index (χ2v) is 5.92. The number of carbonyl (C=O) groups is 1. The molecule has 1 aliphatic rings. The molecule has 3 aromatic rings. The van der Waals surface area contributed by atoms with E-state index in [1.165, 1.54) is 11.0 Å². The number of fused-ring (bicyclic) bond motifs is 1. The fraction of sp³-hybridized carbons (Fsp3) is 0.235. The van der Waals surface area contributed by atoms with Gasteiger partial charge in [0.05, 0.1) is 6.04 Å². The Morgan fingerprint density at radius 1 is 1.19 bits per heavy atom. The van der Waals surface area contributed by atoms with Gasteiger partial charge in [0.25, 0.3) is 5.95 Å². The molecule has 10 heteroatoms. The molecule has 138 valence electrons. The highest BCUT2D eigenvalue weighted by molar-refractivity contribution is 5.90.